The molecule has 1 amide bonds. The molecule has 0 saturated heterocycles. The molecule has 0 bridgehead atoms. The van der Waals surface area contributed by atoms with Gasteiger partial charge < -0.3 is 9.42 Å². The predicted molar refractivity (Wildman–Crippen MR) is 91.4 cm³/mol. The van der Waals surface area contributed by atoms with E-state index >= 15 is 0 Å². The minimum atomic E-state index is 0.0705. The van der Waals surface area contributed by atoms with Crippen LogP contribution >= 0.6 is 22.7 Å². The molecule has 0 N–H and O–H groups in total. The lowest BCUT2D eigenvalue weighted by atomic mass is 10.2. The van der Waals surface area contributed by atoms with Crippen molar-refractivity contribution in [1.82, 2.24) is 15.0 Å². The molecule has 3 aromatic rings. The molecule has 1 atom stereocenters. The molecule has 120 valence electrons. The molecule has 3 heterocycles. The van der Waals surface area contributed by atoms with Crippen molar-refractivity contribution in [3.05, 3.63) is 45.1 Å². The van der Waals surface area contributed by atoms with Gasteiger partial charge in [0.15, 0.2) is 0 Å². The Morgan fingerprint density at radius 2 is 2.26 bits per heavy atom. The maximum Gasteiger partial charge on any atom is 0.227 e. The van der Waals surface area contributed by atoms with Gasteiger partial charge in [0.2, 0.25) is 17.6 Å². The van der Waals surface area contributed by atoms with Gasteiger partial charge in [-0.15, -0.1) is 11.3 Å². The van der Waals surface area contributed by atoms with E-state index in [1.165, 1.54) is 4.88 Å². The average molecular weight is 347 g/mol. The van der Waals surface area contributed by atoms with Crippen LogP contribution < -0.4 is 0 Å². The number of aryl methyl sites for hydroxylation is 1. The number of hydrogen-bond acceptors (Lipinski definition) is 6. The number of aromatic nitrogens is 2. The Balaban J connectivity index is 1.56. The first-order valence-electron chi connectivity index (χ1n) is 7.29. The summed E-state index contributed by atoms with van der Waals surface area (Å²) < 4.78 is 5.23. The van der Waals surface area contributed by atoms with Gasteiger partial charge >= 0.3 is 0 Å². The van der Waals surface area contributed by atoms with Crippen molar-refractivity contribution >= 4 is 28.6 Å². The van der Waals surface area contributed by atoms with Gasteiger partial charge in [-0.2, -0.15) is 16.3 Å². The fraction of sp³-hybridized carbons (Fsp3) is 0.312. The van der Waals surface area contributed by atoms with Crippen LogP contribution in [0.15, 0.2) is 38.9 Å². The van der Waals surface area contributed by atoms with E-state index in [-0.39, 0.29) is 11.9 Å². The first kappa shape index (κ1) is 15.9. The number of nitrogens with zero attached hydrogens (tertiary/aromatic N) is 3. The van der Waals surface area contributed by atoms with E-state index in [9.17, 15) is 4.79 Å². The molecule has 1 unspecified atom stereocenters. The third-order valence-corrected chi connectivity index (χ3v) is 5.46. The fourth-order valence-electron chi connectivity index (χ4n) is 2.19. The Bertz CT molecular complexity index is 750. The summed E-state index contributed by atoms with van der Waals surface area (Å²) in [6.45, 7) is 2.03. The van der Waals surface area contributed by atoms with Crippen LogP contribution in [0.4, 0.5) is 0 Å². The second kappa shape index (κ2) is 7.06. The van der Waals surface area contributed by atoms with E-state index in [0.29, 0.717) is 24.6 Å². The molecule has 0 aliphatic carbocycles. The lowest BCUT2D eigenvalue weighted by molar-refractivity contribution is -0.131. The molecular formula is C16H17N3O2S2. The van der Waals surface area contributed by atoms with Crippen LogP contribution in [0.25, 0.3) is 11.4 Å². The summed E-state index contributed by atoms with van der Waals surface area (Å²) >= 11 is 3.25. The molecule has 0 aliphatic heterocycles. The zero-order valence-corrected chi connectivity index (χ0v) is 14.6. The normalized spacial score (nSPS) is 12.3. The van der Waals surface area contributed by atoms with E-state index in [1.54, 1.807) is 27.6 Å². The van der Waals surface area contributed by atoms with Crippen LogP contribution in [0, 0.1) is 0 Å². The van der Waals surface area contributed by atoms with Crippen LogP contribution in [-0.2, 0) is 11.2 Å². The quantitative estimate of drug-likeness (QED) is 0.676. The summed E-state index contributed by atoms with van der Waals surface area (Å²) in [6.07, 6.45) is 0.814. The SMILES string of the molecule is CC(c1cccs1)N(C)C(=O)CCc1nc(-c2ccsc2)no1. The van der Waals surface area contributed by atoms with Gasteiger partial charge in [-0.05, 0) is 29.8 Å². The first-order valence-corrected chi connectivity index (χ1v) is 9.11. The zero-order chi connectivity index (χ0) is 16.2. The average Bonchev–Trinajstić information content (AvgIpc) is 3.32. The molecule has 0 spiro atoms. The molecule has 0 saturated carbocycles. The maximum atomic E-state index is 12.3. The minimum absolute atomic E-state index is 0.0705. The number of carbonyl (C=O) groups is 1. The van der Waals surface area contributed by atoms with Gasteiger partial charge in [0.1, 0.15) is 0 Å². The summed E-state index contributed by atoms with van der Waals surface area (Å²) in [6, 6.07) is 6.07. The van der Waals surface area contributed by atoms with Gasteiger partial charge in [0, 0.05) is 35.7 Å². The summed E-state index contributed by atoms with van der Waals surface area (Å²) in [5, 5.41) is 9.91. The Hall–Kier alpha value is -1.99. The second-order valence-corrected chi connectivity index (χ2v) is 6.98. The van der Waals surface area contributed by atoms with Gasteiger partial charge in [-0.3, -0.25) is 4.79 Å². The third-order valence-electron chi connectivity index (χ3n) is 3.73. The van der Waals surface area contributed by atoms with Crippen molar-refractivity contribution in [1.29, 1.82) is 0 Å². The molecule has 3 rings (SSSR count). The fourth-order valence-corrected chi connectivity index (χ4v) is 3.65. The molecule has 0 radical (unpaired) electrons. The highest BCUT2D eigenvalue weighted by Gasteiger charge is 2.19. The van der Waals surface area contributed by atoms with Crippen LogP contribution in [0.1, 0.15) is 30.2 Å². The standard InChI is InChI=1S/C16H17N3O2S2/c1-11(13-4-3-8-23-13)19(2)15(20)6-5-14-17-16(18-21-14)12-7-9-22-10-12/h3-4,7-11H,5-6H2,1-2H3. The summed E-state index contributed by atoms with van der Waals surface area (Å²) in [7, 11) is 1.83. The van der Waals surface area contributed by atoms with Crippen molar-refractivity contribution in [3.63, 3.8) is 0 Å². The van der Waals surface area contributed by atoms with Gasteiger partial charge in [-0.1, -0.05) is 11.2 Å². The zero-order valence-electron chi connectivity index (χ0n) is 12.9. The number of hydrogen-bond donors (Lipinski definition) is 0. The molecule has 7 heteroatoms. The number of thiophene rings is 2. The van der Waals surface area contributed by atoms with Crippen molar-refractivity contribution in [2.75, 3.05) is 7.05 Å². The molecule has 0 aromatic carbocycles. The smallest absolute Gasteiger partial charge is 0.227 e. The number of rotatable bonds is 6. The number of amides is 1. The second-order valence-electron chi connectivity index (χ2n) is 5.22. The van der Waals surface area contributed by atoms with E-state index in [1.807, 2.05) is 48.3 Å². The van der Waals surface area contributed by atoms with Crippen LogP contribution in [0.5, 0.6) is 0 Å². The van der Waals surface area contributed by atoms with E-state index in [0.717, 1.165) is 5.56 Å². The predicted octanol–water partition coefficient (Wildman–Crippen LogP) is 4.01. The molecule has 0 fully saturated rings. The monoisotopic (exact) mass is 347 g/mol. The number of carbonyl (C=O) groups excluding carboxylic acids is 1. The Labute approximate surface area is 142 Å². The van der Waals surface area contributed by atoms with Crippen LogP contribution in [0.3, 0.4) is 0 Å². The summed E-state index contributed by atoms with van der Waals surface area (Å²) in [5.41, 5.74) is 0.944. The Morgan fingerprint density at radius 1 is 1.39 bits per heavy atom. The summed E-state index contributed by atoms with van der Waals surface area (Å²) in [4.78, 5) is 19.6. The highest BCUT2D eigenvalue weighted by molar-refractivity contribution is 7.10. The molecule has 23 heavy (non-hydrogen) atoms. The first-order chi connectivity index (χ1) is 11.1. The van der Waals surface area contributed by atoms with E-state index < -0.39 is 0 Å². The highest BCUT2D eigenvalue weighted by Crippen LogP contribution is 2.24. The topological polar surface area (TPSA) is 59.2 Å². The minimum Gasteiger partial charge on any atom is -0.339 e. The van der Waals surface area contributed by atoms with Crippen molar-refractivity contribution in [2.24, 2.45) is 0 Å². The van der Waals surface area contributed by atoms with Crippen molar-refractivity contribution < 1.29 is 9.32 Å². The highest BCUT2D eigenvalue weighted by atomic mass is 32.1. The lowest BCUT2D eigenvalue weighted by Crippen LogP contribution is -2.29. The Morgan fingerprint density at radius 3 is 2.96 bits per heavy atom. The molecule has 5 nitrogen and oxygen atoms in total. The summed E-state index contributed by atoms with van der Waals surface area (Å²) in [5.74, 6) is 1.15. The molecule has 3 aromatic heterocycles. The van der Waals surface area contributed by atoms with Gasteiger partial charge in [-0.25, -0.2) is 0 Å². The van der Waals surface area contributed by atoms with Crippen molar-refractivity contribution in [3.8, 4) is 11.4 Å². The largest absolute Gasteiger partial charge is 0.339 e. The maximum absolute atomic E-state index is 12.3. The molecular weight excluding hydrogens is 330 g/mol. The van der Waals surface area contributed by atoms with E-state index in [4.69, 9.17) is 4.52 Å². The van der Waals surface area contributed by atoms with E-state index in [2.05, 4.69) is 10.1 Å². The van der Waals surface area contributed by atoms with Crippen molar-refractivity contribution in [2.45, 2.75) is 25.8 Å². The van der Waals surface area contributed by atoms with Crippen LogP contribution in [-0.4, -0.2) is 28.0 Å². The lowest BCUT2D eigenvalue weighted by Gasteiger charge is -2.23. The van der Waals surface area contributed by atoms with Gasteiger partial charge in [0.25, 0.3) is 0 Å². The van der Waals surface area contributed by atoms with Crippen LogP contribution in [0.2, 0.25) is 0 Å². The third kappa shape index (κ3) is 3.68. The Kier molecular flexibility index (Phi) is 4.88. The van der Waals surface area contributed by atoms with Gasteiger partial charge in [0.05, 0.1) is 6.04 Å². The molecule has 0 aliphatic rings.